The van der Waals surface area contributed by atoms with Crippen molar-refractivity contribution < 1.29 is 9.90 Å². The first kappa shape index (κ1) is 18.7. The van der Waals surface area contributed by atoms with Crippen molar-refractivity contribution in [3.63, 3.8) is 0 Å². The second-order valence-electron chi connectivity index (χ2n) is 5.22. The molecular formula is C17H26N2O2S. The Morgan fingerprint density at radius 1 is 1.36 bits per heavy atom. The van der Waals surface area contributed by atoms with Crippen LogP contribution in [0.3, 0.4) is 0 Å². The number of hydrogen-bond acceptors (Lipinski definition) is 4. The molecule has 1 unspecified atom stereocenters. The molecule has 0 fully saturated rings. The van der Waals surface area contributed by atoms with E-state index in [2.05, 4.69) is 5.10 Å². The van der Waals surface area contributed by atoms with Gasteiger partial charge in [0.1, 0.15) is 0 Å². The zero-order valence-corrected chi connectivity index (χ0v) is 14.9. The van der Waals surface area contributed by atoms with Gasteiger partial charge in [0, 0.05) is 19.0 Å². The molecule has 122 valence electrons. The van der Waals surface area contributed by atoms with Crippen molar-refractivity contribution in [1.82, 2.24) is 5.01 Å². The van der Waals surface area contributed by atoms with Crippen LogP contribution in [0.4, 0.5) is 0 Å². The summed E-state index contributed by atoms with van der Waals surface area (Å²) >= 11 is 1.62. The van der Waals surface area contributed by atoms with Crippen molar-refractivity contribution in [2.24, 2.45) is 5.10 Å². The number of rotatable bonds is 7. The third kappa shape index (κ3) is 4.58. The number of aliphatic hydroxyl groups excluding tert-OH is 1. The minimum Gasteiger partial charge on any atom is -0.378 e. The van der Waals surface area contributed by atoms with E-state index in [1.807, 2.05) is 39.2 Å². The van der Waals surface area contributed by atoms with Crippen molar-refractivity contribution in [2.45, 2.75) is 39.7 Å². The summed E-state index contributed by atoms with van der Waals surface area (Å²) in [7, 11) is 1.58. The molecule has 4 nitrogen and oxygen atoms in total. The molecule has 0 aromatic heterocycles. The van der Waals surface area contributed by atoms with Crippen LogP contribution in [0, 0.1) is 6.92 Å². The molecular weight excluding hydrogens is 296 g/mol. The molecule has 0 aliphatic heterocycles. The zero-order valence-electron chi connectivity index (χ0n) is 14.1. The summed E-state index contributed by atoms with van der Waals surface area (Å²) in [5.41, 5.74) is 3.95. The standard InChI is InChI=1S/C17H26N2O2S/c1-6-13-10-12(3)11-14(7-2)15(13)16(20)17(21)19(4)18-8-9-22-5/h8,10-11,16,20H,6-7,9H2,1-5H3/b18-8+. The maximum absolute atomic E-state index is 12.4. The van der Waals surface area contributed by atoms with Gasteiger partial charge in [-0.15, -0.1) is 0 Å². The fourth-order valence-electron chi connectivity index (χ4n) is 2.48. The van der Waals surface area contributed by atoms with Crippen molar-refractivity contribution >= 4 is 23.9 Å². The third-order valence-corrected chi connectivity index (χ3v) is 4.06. The van der Waals surface area contributed by atoms with Gasteiger partial charge in [-0.1, -0.05) is 31.5 Å². The quantitative estimate of drug-likeness (QED) is 0.620. The molecule has 5 heteroatoms. The highest BCUT2D eigenvalue weighted by Crippen LogP contribution is 2.27. The summed E-state index contributed by atoms with van der Waals surface area (Å²) in [6, 6.07) is 4.09. The molecule has 0 spiro atoms. The first-order valence-electron chi connectivity index (χ1n) is 7.55. The monoisotopic (exact) mass is 322 g/mol. The van der Waals surface area contributed by atoms with Gasteiger partial charge in [-0.2, -0.15) is 16.9 Å². The maximum atomic E-state index is 12.4. The molecule has 1 aromatic rings. The lowest BCUT2D eigenvalue weighted by molar-refractivity contribution is -0.139. The Labute approximate surface area is 137 Å². The summed E-state index contributed by atoms with van der Waals surface area (Å²) in [5.74, 6) is 0.337. The molecule has 0 heterocycles. The number of benzene rings is 1. The van der Waals surface area contributed by atoms with Crippen LogP contribution in [0.15, 0.2) is 17.2 Å². The SMILES string of the molecule is CCc1cc(C)cc(CC)c1C(O)C(=O)N(C)/N=C/CSC. The van der Waals surface area contributed by atoms with Crippen LogP contribution in [-0.4, -0.2) is 41.3 Å². The van der Waals surface area contributed by atoms with Gasteiger partial charge in [-0.05, 0) is 42.7 Å². The number of aliphatic hydroxyl groups is 1. The van der Waals surface area contributed by atoms with Crippen LogP contribution in [0.5, 0.6) is 0 Å². The number of likely N-dealkylation sites (N-methyl/N-ethyl adjacent to an activating group) is 1. The second kappa shape index (κ2) is 8.96. The number of amides is 1. The lowest BCUT2D eigenvalue weighted by Crippen LogP contribution is -2.29. The normalized spacial score (nSPS) is 12.6. The minimum atomic E-state index is -1.16. The van der Waals surface area contributed by atoms with Gasteiger partial charge in [0.25, 0.3) is 5.91 Å². The van der Waals surface area contributed by atoms with Crippen molar-refractivity contribution in [1.29, 1.82) is 0 Å². The van der Waals surface area contributed by atoms with Gasteiger partial charge in [-0.3, -0.25) is 4.79 Å². The Morgan fingerprint density at radius 3 is 2.36 bits per heavy atom. The number of carbonyl (C=O) groups excluding carboxylic acids is 1. The third-order valence-electron chi connectivity index (χ3n) is 3.58. The summed E-state index contributed by atoms with van der Waals surface area (Å²) in [6.07, 6.45) is 4.05. The number of carbonyl (C=O) groups is 1. The average Bonchev–Trinajstić information content (AvgIpc) is 2.52. The Morgan fingerprint density at radius 2 is 1.91 bits per heavy atom. The first-order valence-corrected chi connectivity index (χ1v) is 8.94. The van der Waals surface area contributed by atoms with E-state index in [4.69, 9.17) is 0 Å². The van der Waals surface area contributed by atoms with E-state index in [0.717, 1.165) is 40.8 Å². The molecule has 0 aliphatic rings. The highest BCUT2D eigenvalue weighted by atomic mass is 32.2. The molecule has 1 rings (SSSR count). The predicted octanol–water partition coefficient (Wildman–Crippen LogP) is 2.96. The van der Waals surface area contributed by atoms with Gasteiger partial charge in [0.05, 0.1) is 0 Å². The van der Waals surface area contributed by atoms with Crippen LogP contribution in [-0.2, 0) is 17.6 Å². The van der Waals surface area contributed by atoms with Crippen LogP contribution in [0.1, 0.15) is 42.2 Å². The molecule has 22 heavy (non-hydrogen) atoms. The molecule has 0 bridgehead atoms. The highest BCUT2D eigenvalue weighted by Gasteiger charge is 2.25. The summed E-state index contributed by atoms with van der Waals surface area (Å²) < 4.78 is 0. The molecule has 1 atom stereocenters. The Balaban J connectivity index is 3.11. The Bertz CT molecular complexity index is 518. The van der Waals surface area contributed by atoms with Gasteiger partial charge < -0.3 is 5.11 Å². The minimum absolute atomic E-state index is 0.398. The fraction of sp³-hybridized carbons (Fsp3) is 0.529. The Hall–Kier alpha value is -1.33. The van der Waals surface area contributed by atoms with E-state index < -0.39 is 12.0 Å². The molecule has 1 aromatic carbocycles. The van der Waals surface area contributed by atoms with E-state index in [9.17, 15) is 9.90 Å². The van der Waals surface area contributed by atoms with Crippen LogP contribution >= 0.6 is 11.8 Å². The molecule has 1 amide bonds. The second-order valence-corrected chi connectivity index (χ2v) is 6.13. The number of thioether (sulfide) groups is 1. The van der Waals surface area contributed by atoms with E-state index in [1.165, 1.54) is 5.01 Å². The topological polar surface area (TPSA) is 52.9 Å². The smallest absolute Gasteiger partial charge is 0.275 e. The molecule has 0 saturated heterocycles. The maximum Gasteiger partial charge on any atom is 0.275 e. The largest absolute Gasteiger partial charge is 0.378 e. The van der Waals surface area contributed by atoms with E-state index in [-0.39, 0.29) is 0 Å². The fourth-order valence-corrected chi connectivity index (χ4v) is 2.69. The summed E-state index contributed by atoms with van der Waals surface area (Å²) in [6.45, 7) is 6.11. The van der Waals surface area contributed by atoms with Crippen LogP contribution in [0.2, 0.25) is 0 Å². The van der Waals surface area contributed by atoms with E-state index >= 15 is 0 Å². The lowest BCUT2D eigenvalue weighted by atomic mass is 9.91. The number of aryl methyl sites for hydroxylation is 3. The highest BCUT2D eigenvalue weighted by molar-refractivity contribution is 7.99. The van der Waals surface area contributed by atoms with E-state index in [1.54, 1.807) is 25.0 Å². The zero-order chi connectivity index (χ0) is 16.7. The van der Waals surface area contributed by atoms with Crippen LogP contribution < -0.4 is 0 Å². The van der Waals surface area contributed by atoms with Gasteiger partial charge in [0.15, 0.2) is 6.10 Å². The molecule has 0 saturated carbocycles. The molecule has 0 aliphatic carbocycles. The van der Waals surface area contributed by atoms with Gasteiger partial charge >= 0.3 is 0 Å². The number of hydrazone groups is 1. The molecule has 1 N–H and O–H groups in total. The number of hydrogen-bond donors (Lipinski definition) is 1. The van der Waals surface area contributed by atoms with Crippen molar-refractivity contribution in [3.05, 3.63) is 34.4 Å². The van der Waals surface area contributed by atoms with Crippen LogP contribution in [0.25, 0.3) is 0 Å². The van der Waals surface area contributed by atoms with Gasteiger partial charge in [0.2, 0.25) is 0 Å². The average molecular weight is 322 g/mol. The Kier molecular flexibility index (Phi) is 7.62. The first-order chi connectivity index (χ1) is 10.5. The van der Waals surface area contributed by atoms with Crippen molar-refractivity contribution in [3.8, 4) is 0 Å². The van der Waals surface area contributed by atoms with Crippen molar-refractivity contribution in [2.75, 3.05) is 19.1 Å². The number of nitrogens with zero attached hydrogens (tertiary/aromatic N) is 2. The molecule has 0 radical (unpaired) electrons. The lowest BCUT2D eigenvalue weighted by Gasteiger charge is -2.21. The van der Waals surface area contributed by atoms with Gasteiger partial charge in [-0.25, -0.2) is 5.01 Å². The predicted molar refractivity (Wildman–Crippen MR) is 94.5 cm³/mol. The summed E-state index contributed by atoms with van der Waals surface area (Å²) in [5, 5.41) is 15.8. The van der Waals surface area contributed by atoms with E-state index in [0.29, 0.717) is 0 Å². The summed E-state index contributed by atoms with van der Waals surface area (Å²) in [4.78, 5) is 12.4.